The number of fused-ring (bicyclic) bond motifs is 7. The van der Waals surface area contributed by atoms with Crippen LogP contribution in [0.1, 0.15) is 106 Å². The van der Waals surface area contributed by atoms with Crippen LogP contribution in [0.25, 0.3) is 0 Å². The molecule has 10 atom stereocenters. The zero-order chi connectivity index (χ0) is 23.1. The normalized spacial score (nSPS) is 54.8. The quantitative estimate of drug-likeness (QED) is 0.440. The highest BCUT2D eigenvalue weighted by Crippen LogP contribution is 2.76. The first-order chi connectivity index (χ1) is 15.0. The van der Waals surface area contributed by atoms with Crippen LogP contribution in [0.4, 0.5) is 0 Å². The summed E-state index contributed by atoms with van der Waals surface area (Å²) in [6, 6.07) is 0. The van der Waals surface area contributed by atoms with Gasteiger partial charge in [0, 0.05) is 24.7 Å². The predicted octanol–water partition coefficient (Wildman–Crippen LogP) is 6.83. The Kier molecular flexibility index (Phi) is 5.24. The van der Waals surface area contributed by atoms with Gasteiger partial charge in [-0.1, -0.05) is 34.6 Å². The van der Waals surface area contributed by atoms with Gasteiger partial charge in [0.2, 0.25) is 0 Å². The van der Waals surface area contributed by atoms with E-state index in [-0.39, 0.29) is 17.3 Å². The van der Waals surface area contributed by atoms with Crippen molar-refractivity contribution >= 4 is 11.8 Å². The molecule has 0 bridgehead atoms. The zero-order valence-corrected chi connectivity index (χ0v) is 21.5. The fraction of sp³-hybridized carbons (Fsp3) is 0.931. The van der Waals surface area contributed by atoms with Crippen LogP contribution in [0.3, 0.4) is 0 Å². The van der Waals surface area contributed by atoms with E-state index in [2.05, 4.69) is 34.6 Å². The Bertz CT molecular complexity index is 804. The maximum atomic E-state index is 12.6. The van der Waals surface area contributed by atoms with Crippen molar-refractivity contribution in [3.05, 3.63) is 0 Å². The topological polar surface area (TPSA) is 43.4 Å². The van der Waals surface area contributed by atoms with Gasteiger partial charge in [-0.3, -0.25) is 9.59 Å². The second kappa shape index (κ2) is 7.32. The van der Waals surface area contributed by atoms with Gasteiger partial charge < -0.3 is 4.74 Å². The first-order valence-corrected chi connectivity index (χ1v) is 13.6. The lowest BCUT2D eigenvalue weighted by molar-refractivity contribution is -0.231. The number of carbonyl (C=O) groups excluding carboxylic acids is 2. The highest BCUT2D eigenvalue weighted by atomic mass is 16.5. The summed E-state index contributed by atoms with van der Waals surface area (Å²) in [5, 5.41) is 0. The van der Waals surface area contributed by atoms with E-state index < -0.39 is 0 Å². The van der Waals surface area contributed by atoms with Gasteiger partial charge in [0.15, 0.2) is 0 Å². The van der Waals surface area contributed by atoms with E-state index in [1.165, 1.54) is 51.4 Å². The zero-order valence-electron chi connectivity index (χ0n) is 21.5. The highest BCUT2D eigenvalue weighted by molar-refractivity contribution is 5.82. The second-order valence-corrected chi connectivity index (χ2v) is 13.7. The molecule has 0 aromatic rings. The van der Waals surface area contributed by atoms with Crippen molar-refractivity contribution in [2.24, 2.45) is 57.2 Å². The summed E-state index contributed by atoms with van der Waals surface area (Å²) in [4.78, 5) is 24.3. The molecule has 9 unspecified atom stereocenters. The van der Waals surface area contributed by atoms with Gasteiger partial charge in [-0.05, 0) is 104 Å². The van der Waals surface area contributed by atoms with Gasteiger partial charge in [0.25, 0.3) is 0 Å². The lowest BCUT2D eigenvalue weighted by atomic mass is 9.33. The average molecular weight is 443 g/mol. The van der Waals surface area contributed by atoms with Crippen LogP contribution in [0.5, 0.6) is 0 Å². The summed E-state index contributed by atoms with van der Waals surface area (Å²) in [6.07, 6.45) is 12.1. The van der Waals surface area contributed by atoms with E-state index in [0.717, 1.165) is 30.6 Å². The highest BCUT2D eigenvalue weighted by Gasteiger charge is 2.69. The summed E-state index contributed by atoms with van der Waals surface area (Å²) in [7, 11) is 0. The van der Waals surface area contributed by atoms with Crippen molar-refractivity contribution in [1.29, 1.82) is 0 Å². The fourth-order valence-corrected chi connectivity index (χ4v) is 11.0. The molecule has 0 heterocycles. The van der Waals surface area contributed by atoms with Crippen molar-refractivity contribution < 1.29 is 14.3 Å². The van der Waals surface area contributed by atoms with E-state index in [4.69, 9.17) is 4.74 Å². The number of esters is 1. The molecule has 0 radical (unpaired) electrons. The molecule has 0 amide bonds. The van der Waals surface area contributed by atoms with Gasteiger partial charge in [0.05, 0.1) is 6.61 Å². The molecule has 0 saturated heterocycles. The third kappa shape index (κ3) is 2.84. The molecule has 0 aliphatic heterocycles. The molecular formula is C29H46O3. The molecule has 0 spiro atoms. The second-order valence-electron chi connectivity index (χ2n) is 13.7. The molecule has 3 nitrogen and oxygen atoms in total. The molecule has 0 aromatic heterocycles. The molecule has 180 valence electrons. The van der Waals surface area contributed by atoms with E-state index in [9.17, 15) is 9.59 Å². The first-order valence-electron chi connectivity index (χ1n) is 13.6. The number of hydrogen-bond donors (Lipinski definition) is 0. The Labute approximate surface area is 195 Å². The lowest BCUT2D eigenvalue weighted by Gasteiger charge is -2.71. The summed E-state index contributed by atoms with van der Waals surface area (Å²) in [5.74, 6) is 4.14. The first kappa shape index (κ1) is 22.9. The summed E-state index contributed by atoms with van der Waals surface area (Å²) >= 11 is 0. The van der Waals surface area contributed by atoms with Crippen LogP contribution in [0.15, 0.2) is 0 Å². The number of carbonyl (C=O) groups is 2. The lowest BCUT2D eigenvalue weighted by Crippen LogP contribution is -2.65. The molecule has 5 aliphatic carbocycles. The van der Waals surface area contributed by atoms with Gasteiger partial charge in [-0.2, -0.15) is 0 Å². The predicted molar refractivity (Wildman–Crippen MR) is 127 cm³/mol. The van der Waals surface area contributed by atoms with Crippen LogP contribution in [0, 0.1) is 57.2 Å². The smallest absolute Gasteiger partial charge is 0.302 e. The van der Waals surface area contributed by atoms with Crippen LogP contribution in [0.2, 0.25) is 0 Å². The molecule has 3 heteroatoms. The van der Waals surface area contributed by atoms with Crippen LogP contribution < -0.4 is 0 Å². The summed E-state index contributed by atoms with van der Waals surface area (Å²) in [6.45, 7) is 14.8. The Hall–Kier alpha value is -0.860. The minimum atomic E-state index is -0.117. The maximum Gasteiger partial charge on any atom is 0.302 e. The van der Waals surface area contributed by atoms with Gasteiger partial charge in [-0.25, -0.2) is 0 Å². The summed E-state index contributed by atoms with van der Waals surface area (Å²) in [5.41, 5.74) is 1.25. The Balaban J connectivity index is 1.49. The molecule has 5 fully saturated rings. The molecule has 5 saturated carbocycles. The van der Waals surface area contributed by atoms with E-state index >= 15 is 0 Å². The van der Waals surface area contributed by atoms with Crippen LogP contribution in [-0.4, -0.2) is 18.4 Å². The number of rotatable bonds is 2. The van der Waals surface area contributed by atoms with Crippen molar-refractivity contribution in [1.82, 2.24) is 0 Å². The van der Waals surface area contributed by atoms with E-state index in [1.807, 2.05) is 0 Å². The van der Waals surface area contributed by atoms with Crippen molar-refractivity contribution in [2.45, 2.75) is 106 Å². The number of ether oxygens (including phenoxy) is 1. The van der Waals surface area contributed by atoms with E-state index in [0.29, 0.717) is 40.5 Å². The van der Waals surface area contributed by atoms with Gasteiger partial charge in [-0.15, -0.1) is 0 Å². The third-order valence-electron chi connectivity index (χ3n) is 12.9. The van der Waals surface area contributed by atoms with E-state index in [1.54, 1.807) is 6.92 Å². The van der Waals surface area contributed by atoms with Crippen molar-refractivity contribution in [2.75, 3.05) is 6.61 Å². The van der Waals surface area contributed by atoms with Gasteiger partial charge >= 0.3 is 5.97 Å². The Morgan fingerprint density at radius 1 is 0.906 bits per heavy atom. The standard InChI is InChI=1S/C29H46O3/c1-18-9-14-29(17-32-20(3)30)16-15-27(5)22(25(18)29)7-8-24-26(4)12-11-23(31)19(2)21(26)10-13-28(24,27)6/h18-19,21-22,24-25H,7-17H2,1-6H3/t18?,19?,21?,22?,24?,25?,26?,27-,28?,29?/m1/s1. The largest absolute Gasteiger partial charge is 0.465 e. The van der Waals surface area contributed by atoms with Crippen LogP contribution >= 0.6 is 0 Å². The molecule has 5 rings (SSSR count). The van der Waals surface area contributed by atoms with Crippen molar-refractivity contribution in [3.8, 4) is 0 Å². The number of hydrogen-bond acceptors (Lipinski definition) is 3. The minimum Gasteiger partial charge on any atom is -0.465 e. The average Bonchev–Trinajstić information content (AvgIpc) is 3.07. The number of Topliss-reactive ketones (excluding diaryl/α,β-unsaturated/α-hetero) is 1. The van der Waals surface area contributed by atoms with Crippen LogP contribution in [-0.2, 0) is 14.3 Å². The fourth-order valence-electron chi connectivity index (χ4n) is 11.0. The molecule has 5 aliphatic rings. The SMILES string of the molecule is CC(=O)OCC12CCC(C)C1C1CCC3C4(C)CCC(=O)C(C)C4CCC3(C)[C@]1(C)CC2. The molecule has 0 aromatic carbocycles. The third-order valence-corrected chi connectivity index (χ3v) is 12.9. The summed E-state index contributed by atoms with van der Waals surface area (Å²) < 4.78 is 5.72. The maximum absolute atomic E-state index is 12.6. The monoisotopic (exact) mass is 442 g/mol. The van der Waals surface area contributed by atoms with Gasteiger partial charge in [0.1, 0.15) is 5.78 Å². The molecular weight excluding hydrogens is 396 g/mol. The minimum absolute atomic E-state index is 0.117. The molecule has 0 N–H and O–H groups in total. The van der Waals surface area contributed by atoms with Crippen molar-refractivity contribution in [3.63, 3.8) is 0 Å². The number of ketones is 1. The molecule has 32 heavy (non-hydrogen) atoms. The Morgan fingerprint density at radius 3 is 2.38 bits per heavy atom. The Morgan fingerprint density at radius 2 is 1.66 bits per heavy atom.